The van der Waals surface area contributed by atoms with Crippen LogP contribution in [0.5, 0.6) is 11.5 Å². The fourth-order valence-corrected chi connectivity index (χ4v) is 4.18. The van der Waals surface area contributed by atoms with Crippen LogP contribution in [0.1, 0.15) is 31.2 Å². The van der Waals surface area contributed by atoms with E-state index in [9.17, 15) is 4.79 Å². The summed E-state index contributed by atoms with van der Waals surface area (Å²) in [5.41, 5.74) is 1.71. The summed E-state index contributed by atoms with van der Waals surface area (Å²) in [5.74, 6) is 2.02. The van der Waals surface area contributed by atoms with Crippen LogP contribution >= 0.6 is 11.6 Å². The van der Waals surface area contributed by atoms with E-state index in [-0.39, 0.29) is 5.91 Å². The van der Waals surface area contributed by atoms with Crippen molar-refractivity contribution in [3.05, 3.63) is 59.1 Å². The van der Waals surface area contributed by atoms with Gasteiger partial charge < -0.3 is 14.8 Å². The molecule has 6 heteroatoms. The van der Waals surface area contributed by atoms with E-state index in [0.29, 0.717) is 28.8 Å². The predicted molar refractivity (Wildman–Crippen MR) is 127 cm³/mol. The Morgan fingerprint density at radius 2 is 2.00 bits per heavy atom. The quantitative estimate of drug-likeness (QED) is 0.557. The highest BCUT2D eigenvalue weighted by molar-refractivity contribution is 6.31. The molecule has 2 aromatic carbocycles. The van der Waals surface area contributed by atoms with Crippen molar-refractivity contribution in [2.45, 2.75) is 25.7 Å². The number of likely N-dealkylation sites (tertiary alicyclic amines) is 1. The number of anilines is 1. The van der Waals surface area contributed by atoms with Gasteiger partial charge in [0.25, 0.3) is 0 Å². The summed E-state index contributed by atoms with van der Waals surface area (Å²) in [6.07, 6.45) is 8.01. The second-order valence-corrected chi connectivity index (χ2v) is 8.28. The van der Waals surface area contributed by atoms with E-state index in [2.05, 4.69) is 28.4 Å². The molecule has 166 valence electrons. The number of amides is 1. The molecule has 1 fully saturated rings. The van der Waals surface area contributed by atoms with Gasteiger partial charge in [-0.3, -0.25) is 9.69 Å². The van der Waals surface area contributed by atoms with Gasteiger partial charge in [-0.2, -0.15) is 0 Å². The molecule has 1 N–H and O–H groups in total. The van der Waals surface area contributed by atoms with Crippen LogP contribution in [0.4, 0.5) is 5.69 Å². The molecule has 0 saturated carbocycles. The largest absolute Gasteiger partial charge is 0.496 e. The van der Waals surface area contributed by atoms with Crippen LogP contribution < -0.4 is 14.8 Å². The summed E-state index contributed by atoms with van der Waals surface area (Å²) < 4.78 is 10.7. The second-order valence-electron chi connectivity index (χ2n) is 7.84. The van der Waals surface area contributed by atoms with E-state index < -0.39 is 0 Å². The number of hydrogen-bond donors (Lipinski definition) is 1. The first-order valence-corrected chi connectivity index (χ1v) is 11.1. The third-order valence-electron chi connectivity index (χ3n) is 5.62. The summed E-state index contributed by atoms with van der Waals surface area (Å²) >= 11 is 6.04. The first kappa shape index (κ1) is 23.2. The molecule has 2 aromatic rings. The number of rotatable bonds is 9. The second kappa shape index (κ2) is 11.8. The molecule has 31 heavy (non-hydrogen) atoms. The average Bonchev–Trinajstić information content (AvgIpc) is 2.78. The highest BCUT2D eigenvalue weighted by Crippen LogP contribution is 2.28. The van der Waals surface area contributed by atoms with Crippen LogP contribution in [0.2, 0.25) is 5.02 Å². The third-order valence-corrected chi connectivity index (χ3v) is 5.85. The minimum atomic E-state index is -0.00578. The summed E-state index contributed by atoms with van der Waals surface area (Å²) in [4.78, 5) is 14.9. The van der Waals surface area contributed by atoms with E-state index >= 15 is 0 Å². The first-order chi connectivity index (χ1) is 15.1. The predicted octanol–water partition coefficient (Wildman–Crippen LogP) is 5.50. The number of methoxy groups -OCH3 is 2. The number of carbonyl (C=O) groups excluding carboxylic acids is 1. The fourth-order valence-electron chi connectivity index (χ4n) is 4.01. The number of carbonyl (C=O) groups is 1. The Morgan fingerprint density at radius 1 is 1.19 bits per heavy atom. The topological polar surface area (TPSA) is 50.8 Å². The number of piperidine rings is 1. The molecule has 0 unspecified atom stereocenters. The monoisotopic (exact) mass is 442 g/mol. The molecule has 0 aliphatic carbocycles. The first-order valence-electron chi connectivity index (χ1n) is 10.7. The summed E-state index contributed by atoms with van der Waals surface area (Å²) in [7, 11) is 3.28. The number of nitrogens with zero attached hydrogens (tertiary/aromatic N) is 1. The number of para-hydroxylation sites is 1. The fraction of sp³-hybridized carbons (Fsp3) is 0.400. The minimum absolute atomic E-state index is 0.00578. The lowest BCUT2D eigenvalue weighted by Gasteiger charge is -2.32. The molecule has 1 aliphatic heterocycles. The van der Waals surface area contributed by atoms with Gasteiger partial charge in [0.15, 0.2) is 0 Å². The van der Waals surface area contributed by atoms with Crippen LogP contribution in [0.25, 0.3) is 6.08 Å². The normalized spacial score (nSPS) is 16.9. The van der Waals surface area contributed by atoms with Crippen molar-refractivity contribution in [1.82, 2.24) is 4.90 Å². The zero-order valence-corrected chi connectivity index (χ0v) is 19.0. The van der Waals surface area contributed by atoms with Gasteiger partial charge in [0, 0.05) is 30.1 Å². The molecule has 0 radical (unpaired) electrons. The van der Waals surface area contributed by atoms with Gasteiger partial charge in [0.1, 0.15) is 11.5 Å². The Hall–Kier alpha value is -2.50. The summed E-state index contributed by atoms with van der Waals surface area (Å²) in [6.45, 7) is 3.02. The molecule has 1 heterocycles. The smallest absolute Gasteiger partial charge is 0.224 e. The minimum Gasteiger partial charge on any atom is -0.496 e. The maximum Gasteiger partial charge on any atom is 0.224 e. The number of halogens is 1. The molecule has 1 aliphatic rings. The van der Waals surface area contributed by atoms with Crippen molar-refractivity contribution >= 4 is 29.3 Å². The molecule has 0 spiro atoms. The highest BCUT2D eigenvalue weighted by atomic mass is 35.5. The molecule has 1 saturated heterocycles. The molecular weight excluding hydrogens is 412 g/mol. The van der Waals surface area contributed by atoms with E-state index in [0.717, 1.165) is 43.8 Å². The maximum absolute atomic E-state index is 12.5. The number of benzene rings is 2. The molecule has 1 atom stereocenters. The van der Waals surface area contributed by atoms with Crippen LogP contribution in [-0.2, 0) is 4.79 Å². The van der Waals surface area contributed by atoms with E-state index in [1.54, 1.807) is 32.4 Å². The number of nitrogens with one attached hydrogen (secondary N) is 1. The lowest BCUT2D eigenvalue weighted by molar-refractivity contribution is -0.116. The molecule has 0 aromatic heterocycles. The Labute approximate surface area is 190 Å². The lowest BCUT2D eigenvalue weighted by Crippen LogP contribution is -2.35. The highest BCUT2D eigenvalue weighted by Gasteiger charge is 2.20. The standard InChI is InChI=1S/C25H31ClN2O3/c1-30-23-10-4-3-8-20(23)9-6-16-28-15-5-7-19(18-28)11-14-25(29)27-22-17-21(26)12-13-24(22)31-2/h3-4,6,8-10,12-13,17,19H,5,7,11,14-16,18H2,1-2H3,(H,27,29)/b9-6+/t19-/m1/s1. The van der Waals surface area contributed by atoms with Crippen LogP contribution in [0, 0.1) is 5.92 Å². The lowest BCUT2D eigenvalue weighted by atomic mass is 9.93. The SMILES string of the molecule is COc1ccccc1/C=C/CN1CCC[C@H](CCC(=O)Nc2cc(Cl)ccc2OC)C1. The van der Waals surface area contributed by atoms with Crippen LogP contribution in [0.3, 0.4) is 0 Å². The van der Waals surface area contributed by atoms with Crippen molar-refractivity contribution in [3.63, 3.8) is 0 Å². The van der Waals surface area contributed by atoms with E-state index in [1.807, 2.05) is 18.2 Å². The van der Waals surface area contributed by atoms with Gasteiger partial charge in [-0.05, 0) is 56.0 Å². The van der Waals surface area contributed by atoms with E-state index in [1.165, 1.54) is 6.42 Å². The van der Waals surface area contributed by atoms with Crippen molar-refractivity contribution < 1.29 is 14.3 Å². The Bertz CT molecular complexity index is 900. The van der Waals surface area contributed by atoms with Crippen molar-refractivity contribution in [1.29, 1.82) is 0 Å². The van der Waals surface area contributed by atoms with E-state index in [4.69, 9.17) is 21.1 Å². The summed E-state index contributed by atoms with van der Waals surface area (Å²) in [5, 5.41) is 3.50. The molecule has 3 rings (SSSR count). The van der Waals surface area contributed by atoms with Crippen molar-refractivity contribution in [2.75, 3.05) is 39.2 Å². The zero-order chi connectivity index (χ0) is 22.1. The maximum atomic E-state index is 12.5. The van der Waals surface area contributed by atoms with Gasteiger partial charge in [-0.15, -0.1) is 0 Å². The van der Waals surface area contributed by atoms with Gasteiger partial charge in [0.2, 0.25) is 5.91 Å². The molecule has 1 amide bonds. The number of ether oxygens (including phenoxy) is 2. The van der Waals surface area contributed by atoms with Gasteiger partial charge in [-0.25, -0.2) is 0 Å². The number of hydrogen-bond acceptors (Lipinski definition) is 4. The Morgan fingerprint density at radius 3 is 2.81 bits per heavy atom. The van der Waals surface area contributed by atoms with Crippen molar-refractivity contribution in [3.8, 4) is 11.5 Å². The van der Waals surface area contributed by atoms with Crippen LogP contribution in [0.15, 0.2) is 48.5 Å². The average molecular weight is 443 g/mol. The molecule has 5 nitrogen and oxygen atoms in total. The molecular formula is C25H31ClN2O3. The Kier molecular flexibility index (Phi) is 8.80. The van der Waals surface area contributed by atoms with Crippen LogP contribution in [-0.4, -0.2) is 44.7 Å². The molecule has 0 bridgehead atoms. The third kappa shape index (κ3) is 7.01. The van der Waals surface area contributed by atoms with Crippen molar-refractivity contribution in [2.24, 2.45) is 5.92 Å². The zero-order valence-electron chi connectivity index (χ0n) is 18.3. The Balaban J connectivity index is 1.46. The summed E-state index contributed by atoms with van der Waals surface area (Å²) in [6, 6.07) is 13.2. The van der Waals surface area contributed by atoms with Gasteiger partial charge in [0.05, 0.1) is 19.9 Å². The van der Waals surface area contributed by atoms with Gasteiger partial charge in [-0.1, -0.05) is 42.0 Å². The van der Waals surface area contributed by atoms with Gasteiger partial charge >= 0.3 is 0 Å².